The molecule has 0 saturated heterocycles. The Labute approximate surface area is 95.2 Å². The second-order valence-corrected chi connectivity index (χ2v) is 3.98. The fourth-order valence-electron chi connectivity index (χ4n) is 0.957. The minimum atomic E-state index is -0.182. The minimum absolute atomic E-state index is 0.182. The second-order valence-electron chi connectivity index (χ2n) is 2.74. The van der Waals surface area contributed by atoms with E-state index in [1.165, 1.54) is 11.2 Å². The third-order valence-electron chi connectivity index (χ3n) is 1.59. The highest BCUT2D eigenvalue weighted by molar-refractivity contribution is 9.10. The first-order valence-electron chi connectivity index (χ1n) is 3.79. The van der Waals surface area contributed by atoms with Gasteiger partial charge in [-0.25, -0.2) is 0 Å². The normalized spacial score (nSPS) is 9.86. The lowest BCUT2D eigenvalue weighted by Crippen LogP contribution is -2.34. The Kier molecular flexibility index (Phi) is 3.65. The predicted molar refractivity (Wildman–Crippen MR) is 60.2 cm³/mol. The van der Waals surface area contributed by atoms with E-state index in [1.54, 1.807) is 13.1 Å². The van der Waals surface area contributed by atoms with E-state index in [0.717, 1.165) is 0 Å². The van der Waals surface area contributed by atoms with Gasteiger partial charge in [0, 0.05) is 7.05 Å². The van der Waals surface area contributed by atoms with E-state index in [0.29, 0.717) is 10.2 Å². The molecule has 14 heavy (non-hydrogen) atoms. The van der Waals surface area contributed by atoms with Crippen molar-refractivity contribution >= 4 is 39.0 Å². The summed E-state index contributed by atoms with van der Waals surface area (Å²) in [5.41, 5.74) is 5.79. The average molecular weight is 277 g/mol. The van der Waals surface area contributed by atoms with Crippen LogP contribution in [0.1, 0.15) is 10.4 Å². The Balaban J connectivity index is 2.76. The molecule has 0 aromatic carbocycles. The molecule has 2 N–H and O–H groups in total. The molecular weight excluding hydrogens is 268 g/mol. The lowest BCUT2D eigenvalue weighted by molar-refractivity contribution is 0.0813. The molecule has 0 aliphatic rings. The molecule has 0 spiro atoms. The molecule has 6 heteroatoms. The average Bonchev–Trinajstić information content (AvgIpc) is 2.48. The van der Waals surface area contributed by atoms with E-state index in [-0.39, 0.29) is 17.4 Å². The Bertz CT molecular complexity index is 364. The number of thiocarbonyl (C=S) groups is 1. The van der Waals surface area contributed by atoms with Gasteiger partial charge in [-0.05, 0) is 22.0 Å². The number of nitrogens with zero attached hydrogens (tertiary/aromatic N) is 1. The predicted octanol–water partition coefficient (Wildman–Crippen LogP) is 1.40. The van der Waals surface area contributed by atoms with Gasteiger partial charge in [-0.3, -0.25) is 4.79 Å². The van der Waals surface area contributed by atoms with Crippen LogP contribution in [-0.2, 0) is 0 Å². The number of likely N-dealkylation sites (N-methyl/N-ethyl adjacent to an activating group) is 1. The van der Waals surface area contributed by atoms with Crippen molar-refractivity contribution in [1.82, 2.24) is 4.90 Å². The van der Waals surface area contributed by atoms with Crippen molar-refractivity contribution in [3.63, 3.8) is 0 Å². The zero-order valence-corrected chi connectivity index (χ0v) is 9.89. The van der Waals surface area contributed by atoms with Crippen LogP contribution in [0.2, 0.25) is 0 Å². The fraction of sp³-hybridized carbons (Fsp3) is 0.250. The molecule has 0 saturated carbocycles. The highest BCUT2D eigenvalue weighted by atomic mass is 79.9. The van der Waals surface area contributed by atoms with Gasteiger partial charge in [0.2, 0.25) is 0 Å². The number of rotatable bonds is 3. The standard InChI is InChI=1S/C8H9BrN2O2S/c1-11(4-6(10)14)8(12)5-2-3-13-7(5)9/h2-3H,4H2,1H3,(H2,10,14). The summed E-state index contributed by atoms with van der Waals surface area (Å²) in [6.45, 7) is 0.256. The Morgan fingerprint density at radius 1 is 1.79 bits per heavy atom. The van der Waals surface area contributed by atoms with Crippen molar-refractivity contribution in [3.8, 4) is 0 Å². The zero-order valence-electron chi connectivity index (χ0n) is 7.49. The summed E-state index contributed by atoms with van der Waals surface area (Å²) in [5.74, 6) is -0.182. The third-order valence-corrected chi connectivity index (χ3v) is 2.33. The Morgan fingerprint density at radius 3 is 2.86 bits per heavy atom. The summed E-state index contributed by atoms with van der Waals surface area (Å²) in [7, 11) is 1.63. The SMILES string of the molecule is CN(CC(N)=S)C(=O)c1ccoc1Br. The Hall–Kier alpha value is -0.880. The molecule has 4 nitrogen and oxygen atoms in total. The molecule has 0 atom stereocenters. The number of hydrogen-bond donors (Lipinski definition) is 1. The number of amides is 1. The van der Waals surface area contributed by atoms with E-state index in [9.17, 15) is 4.79 Å². The molecule has 0 aliphatic heterocycles. The van der Waals surface area contributed by atoms with Crippen LogP contribution in [0.15, 0.2) is 21.4 Å². The Morgan fingerprint density at radius 2 is 2.43 bits per heavy atom. The van der Waals surface area contributed by atoms with Gasteiger partial charge in [-0.15, -0.1) is 0 Å². The topological polar surface area (TPSA) is 59.5 Å². The van der Waals surface area contributed by atoms with Crippen LogP contribution in [0, 0.1) is 0 Å². The monoisotopic (exact) mass is 276 g/mol. The summed E-state index contributed by atoms with van der Waals surface area (Å²) in [5, 5.41) is 0. The van der Waals surface area contributed by atoms with E-state index in [4.69, 9.17) is 22.4 Å². The molecule has 1 heterocycles. The number of carbonyl (C=O) groups is 1. The summed E-state index contributed by atoms with van der Waals surface area (Å²) < 4.78 is 5.36. The zero-order chi connectivity index (χ0) is 10.7. The molecule has 0 radical (unpaired) electrons. The maximum absolute atomic E-state index is 11.7. The largest absolute Gasteiger partial charge is 0.457 e. The van der Waals surface area contributed by atoms with Gasteiger partial charge in [0.25, 0.3) is 5.91 Å². The number of halogens is 1. The number of carbonyl (C=O) groups excluding carboxylic acids is 1. The van der Waals surface area contributed by atoms with Crippen molar-refractivity contribution < 1.29 is 9.21 Å². The van der Waals surface area contributed by atoms with Gasteiger partial charge in [0.05, 0.1) is 23.4 Å². The number of hydrogen-bond acceptors (Lipinski definition) is 3. The molecule has 76 valence electrons. The maximum Gasteiger partial charge on any atom is 0.258 e. The number of nitrogens with two attached hydrogens (primary N) is 1. The van der Waals surface area contributed by atoms with E-state index < -0.39 is 0 Å². The molecule has 1 aromatic rings. The van der Waals surface area contributed by atoms with Gasteiger partial charge < -0.3 is 15.1 Å². The molecule has 1 rings (SSSR count). The van der Waals surface area contributed by atoms with Crippen molar-refractivity contribution in [2.24, 2.45) is 5.73 Å². The highest BCUT2D eigenvalue weighted by Crippen LogP contribution is 2.18. The molecule has 0 aliphatic carbocycles. The summed E-state index contributed by atoms with van der Waals surface area (Å²) in [4.78, 5) is 13.4. The van der Waals surface area contributed by atoms with Crippen LogP contribution in [0.25, 0.3) is 0 Å². The van der Waals surface area contributed by atoms with E-state index in [2.05, 4.69) is 15.9 Å². The smallest absolute Gasteiger partial charge is 0.258 e. The maximum atomic E-state index is 11.7. The van der Waals surface area contributed by atoms with Crippen LogP contribution < -0.4 is 5.73 Å². The summed E-state index contributed by atoms with van der Waals surface area (Å²) in [6.07, 6.45) is 1.44. The molecule has 0 bridgehead atoms. The van der Waals surface area contributed by atoms with Crippen molar-refractivity contribution in [2.45, 2.75) is 0 Å². The quantitative estimate of drug-likeness (QED) is 0.848. The van der Waals surface area contributed by atoms with Crippen molar-refractivity contribution in [3.05, 3.63) is 22.6 Å². The van der Waals surface area contributed by atoms with Gasteiger partial charge in [-0.1, -0.05) is 12.2 Å². The molecular formula is C8H9BrN2O2S. The van der Waals surface area contributed by atoms with E-state index in [1.807, 2.05) is 0 Å². The van der Waals surface area contributed by atoms with Gasteiger partial charge >= 0.3 is 0 Å². The van der Waals surface area contributed by atoms with Gasteiger partial charge in [-0.2, -0.15) is 0 Å². The van der Waals surface area contributed by atoms with E-state index >= 15 is 0 Å². The summed E-state index contributed by atoms with van der Waals surface area (Å²) >= 11 is 7.83. The minimum Gasteiger partial charge on any atom is -0.457 e. The van der Waals surface area contributed by atoms with Crippen LogP contribution in [-0.4, -0.2) is 29.4 Å². The second kappa shape index (κ2) is 4.56. The first-order valence-corrected chi connectivity index (χ1v) is 4.99. The van der Waals surface area contributed by atoms with Gasteiger partial charge in [0.1, 0.15) is 0 Å². The highest BCUT2D eigenvalue weighted by Gasteiger charge is 2.17. The lowest BCUT2D eigenvalue weighted by Gasteiger charge is -2.14. The fourth-order valence-corrected chi connectivity index (χ4v) is 1.56. The summed E-state index contributed by atoms with van der Waals surface area (Å²) in [6, 6.07) is 1.59. The van der Waals surface area contributed by atoms with Crippen LogP contribution in [0.4, 0.5) is 0 Å². The number of furan rings is 1. The van der Waals surface area contributed by atoms with Crippen LogP contribution in [0.5, 0.6) is 0 Å². The molecule has 1 aromatic heterocycles. The molecule has 0 unspecified atom stereocenters. The first-order chi connectivity index (χ1) is 6.52. The molecule has 0 fully saturated rings. The van der Waals surface area contributed by atoms with Crippen molar-refractivity contribution in [2.75, 3.05) is 13.6 Å². The van der Waals surface area contributed by atoms with Gasteiger partial charge in [0.15, 0.2) is 4.67 Å². The first kappa shape index (κ1) is 11.2. The van der Waals surface area contributed by atoms with Crippen LogP contribution in [0.3, 0.4) is 0 Å². The van der Waals surface area contributed by atoms with Crippen molar-refractivity contribution in [1.29, 1.82) is 0 Å². The third kappa shape index (κ3) is 2.55. The lowest BCUT2D eigenvalue weighted by atomic mass is 10.3. The molecule has 1 amide bonds. The van der Waals surface area contributed by atoms with Crippen LogP contribution >= 0.6 is 28.1 Å².